The molecule has 1 amide bonds. The van der Waals surface area contributed by atoms with Crippen molar-refractivity contribution in [3.8, 4) is 0 Å². The number of pyridine rings is 1. The van der Waals surface area contributed by atoms with E-state index >= 15 is 0 Å². The highest BCUT2D eigenvalue weighted by molar-refractivity contribution is 7.88. The van der Waals surface area contributed by atoms with E-state index in [0.717, 1.165) is 31.5 Å². The Kier molecular flexibility index (Phi) is 5.30. The largest absolute Gasteiger partial charge is 0.343 e. The lowest BCUT2D eigenvalue weighted by Crippen LogP contribution is -2.35. The number of likely N-dealkylation sites (tertiary alicyclic amines) is 1. The molecule has 0 spiro atoms. The molecule has 21 heavy (non-hydrogen) atoms. The van der Waals surface area contributed by atoms with Gasteiger partial charge < -0.3 is 4.90 Å². The van der Waals surface area contributed by atoms with E-state index in [9.17, 15) is 13.2 Å². The van der Waals surface area contributed by atoms with E-state index in [2.05, 4.69) is 4.98 Å². The van der Waals surface area contributed by atoms with Gasteiger partial charge in [0, 0.05) is 45.0 Å². The zero-order chi connectivity index (χ0) is 15.3. The van der Waals surface area contributed by atoms with Crippen LogP contribution in [0.15, 0.2) is 24.5 Å². The predicted octanol–water partition coefficient (Wildman–Crippen LogP) is 0.856. The fraction of sp³-hybridized carbons (Fsp3) is 0.571. The second-order valence-corrected chi connectivity index (χ2v) is 7.28. The highest BCUT2D eigenvalue weighted by atomic mass is 32.2. The van der Waals surface area contributed by atoms with Crippen LogP contribution >= 0.6 is 0 Å². The highest BCUT2D eigenvalue weighted by Crippen LogP contribution is 2.12. The molecule has 0 bridgehead atoms. The summed E-state index contributed by atoms with van der Waals surface area (Å²) in [6, 6.07) is 3.60. The number of hydrogen-bond acceptors (Lipinski definition) is 4. The molecule has 0 atom stereocenters. The molecule has 116 valence electrons. The van der Waals surface area contributed by atoms with Crippen molar-refractivity contribution in [2.75, 3.05) is 25.9 Å². The van der Waals surface area contributed by atoms with Crippen molar-refractivity contribution in [2.24, 2.45) is 0 Å². The molecule has 6 nitrogen and oxygen atoms in total. The van der Waals surface area contributed by atoms with Crippen molar-refractivity contribution in [1.82, 2.24) is 14.2 Å². The van der Waals surface area contributed by atoms with Crippen LogP contribution in [-0.4, -0.2) is 54.4 Å². The molecule has 0 unspecified atom stereocenters. The summed E-state index contributed by atoms with van der Waals surface area (Å²) in [6.07, 6.45) is 6.76. The number of carbonyl (C=O) groups excluding carboxylic acids is 1. The molecule has 0 N–H and O–H groups in total. The topological polar surface area (TPSA) is 70.6 Å². The average Bonchev–Trinajstić information content (AvgIpc) is 2.97. The quantitative estimate of drug-likeness (QED) is 0.781. The second-order valence-electron chi connectivity index (χ2n) is 5.30. The molecule has 0 aliphatic carbocycles. The molecular formula is C14H21N3O3S. The van der Waals surface area contributed by atoms with Gasteiger partial charge in [0.15, 0.2) is 0 Å². The minimum absolute atomic E-state index is 0.0346. The van der Waals surface area contributed by atoms with Crippen molar-refractivity contribution in [2.45, 2.75) is 25.8 Å². The molecule has 1 aliphatic rings. The van der Waals surface area contributed by atoms with Crippen molar-refractivity contribution in [1.29, 1.82) is 0 Å². The van der Waals surface area contributed by atoms with Crippen LogP contribution in [0, 0.1) is 0 Å². The van der Waals surface area contributed by atoms with E-state index in [1.807, 2.05) is 11.0 Å². The summed E-state index contributed by atoms with van der Waals surface area (Å²) in [5.41, 5.74) is 0.816. The Morgan fingerprint density at radius 3 is 2.67 bits per heavy atom. The Morgan fingerprint density at radius 1 is 1.38 bits per heavy atom. The van der Waals surface area contributed by atoms with Crippen LogP contribution in [0.4, 0.5) is 0 Å². The van der Waals surface area contributed by atoms with E-state index in [1.165, 1.54) is 10.6 Å². The third-order valence-electron chi connectivity index (χ3n) is 3.58. The molecule has 1 aromatic heterocycles. The first-order valence-corrected chi connectivity index (χ1v) is 8.93. The second kappa shape index (κ2) is 7.00. The number of hydrogen-bond donors (Lipinski definition) is 0. The van der Waals surface area contributed by atoms with Gasteiger partial charge in [0.25, 0.3) is 0 Å². The predicted molar refractivity (Wildman–Crippen MR) is 79.9 cm³/mol. The summed E-state index contributed by atoms with van der Waals surface area (Å²) in [6.45, 7) is 2.05. The van der Waals surface area contributed by atoms with Crippen LogP contribution in [0.25, 0.3) is 0 Å². The normalized spacial score (nSPS) is 15.6. The Bertz CT molecular complexity index is 568. The van der Waals surface area contributed by atoms with Crippen molar-refractivity contribution in [3.63, 3.8) is 0 Å². The number of rotatable bonds is 6. The Hall–Kier alpha value is -1.47. The highest BCUT2D eigenvalue weighted by Gasteiger charge is 2.22. The number of amides is 1. The molecule has 0 radical (unpaired) electrons. The van der Waals surface area contributed by atoms with Gasteiger partial charge in [0.2, 0.25) is 15.9 Å². The lowest BCUT2D eigenvalue weighted by molar-refractivity contribution is -0.130. The first kappa shape index (κ1) is 15.9. The van der Waals surface area contributed by atoms with Gasteiger partial charge in [-0.2, -0.15) is 4.31 Å². The van der Waals surface area contributed by atoms with Crippen LogP contribution in [0.1, 0.15) is 24.8 Å². The fourth-order valence-electron chi connectivity index (χ4n) is 2.40. The summed E-state index contributed by atoms with van der Waals surface area (Å²) in [7, 11) is -3.35. The lowest BCUT2D eigenvalue weighted by Gasteiger charge is -2.21. The van der Waals surface area contributed by atoms with Crippen LogP contribution in [0.3, 0.4) is 0 Å². The van der Waals surface area contributed by atoms with Crippen molar-refractivity contribution < 1.29 is 13.2 Å². The lowest BCUT2D eigenvalue weighted by atomic mass is 10.3. The van der Waals surface area contributed by atoms with Gasteiger partial charge >= 0.3 is 0 Å². The average molecular weight is 311 g/mol. The van der Waals surface area contributed by atoms with Gasteiger partial charge in [0.05, 0.1) is 6.26 Å². The summed E-state index contributed by atoms with van der Waals surface area (Å²) in [4.78, 5) is 17.8. The molecular weight excluding hydrogens is 290 g/mol. The third-order valence-corrected chi connectivity index (χ3v) is 4.83. The molecule has 2 heterocycles. The SMILES string of the molecule is CS(=O)(=O)N(CCC(=O)N1CCCC1)Cc1cccnc1. The fourth-order valence-corrected chi connectivity index (χ4v) is 3.21. The molecule has 0 saturated carbocycles. The Labute approximate surface area is 125 Å². The number of carbonyl (C=O) groups is 1. The van der Waals surface area contributed by atoms with E-state index in [0.29, 0.717) is 0 Å². The first-order chi connectivity index (χ1) is 9.97. The molecule has 1 aliphatic heterocycles. The zero-order valence-corrected chi connectivity index (χ0v) is 13.1. The van der Waals surface area contributed by atoms with Crippen LogP contribution in [0.5, 0.6) is 0 Å². The smallest absolute Gasteiger partial charge is 0.223 e. The van der Waals surface area contributed by atoms with Gasteiger partial charge in [-0.05, 0) is 24.5 Å². The minimum Gasteiger partial charge on any atom is -0.343 e. The molecule has 1 fully saturated rings. The van der Waals surface area contributed by atoms with Crippen molar-refractivity contribution in [3.05, 3.63) is 30.1 Å². The zero-order valence-electron chi connectivity index (χ0n) is 12.2. The Balaban J connectivity index is 1.95. The minimum atomic E-state index is -3.35. The first-order valence-electron chi connectivity index (χ1n) is 7.08. The van der Waals surface area contributed by atoms with Crippen molar-refractivity contribution >= 4 is 15.9 Å². The van der Waals surface area contributed by atoms with Crippen LogP contribution in [0.2, 0.25) is 0 Å². The number of nitrogens with zero attached hydrogens (tertiary/aromatic N) is 3. The molecule has 0 aromatic carbocycles. The monoisotopic (exact) mass is 311 g/mol. The van der Waals surface area contributed by atoms with Gasteiger partial charge in [-0.3, -0.25) is 9.78 Å². The van der Waals surface area contributed by atoms with E-state index < -0.39 is 10.0 Å². The maximum atomic E-state index is 12.0. The summed E-state index contributed by atoms with van der Waals surface area (Å²) in [5, 5.41) is 0. The van der Waals surface area contributed by atoms with E-state index in [-0.39, 0.29) is 25.4 Å². The van der Waals surface area contributed by atoms with Crippen LogP contribution < -0.4 is 0 Å². The number of aromatic nitrogens is 1. The standard InChI is InChI=1S/C14H21N3O3S/c1-21(19,20)17(12-13-5-4-7-15-11-13)10-6-14(18)16-8-2-3-9-16/h4-5,7,11H,2-3,6,8-10,12H2,1H3. The third kappa shape index (κ3) is 4.78. The maximum Gasteiger partial charge on any atom is 0.223 e. The van der Waals surface area contributed by atoms with Gasteiger partial charge in [-0.1, -0.05) is 6.07 Å². The number of sulfonamides is 1. The molecule has 1 saturated heterocycles. The van der Waals surface area contributed by atoms with Gasteiger partial charge in [0.1, 0.15) is 0 Å². The van der Waals surface area contributed by atoms with E-state index in [1.54, 1.807) is 18.5 Å². The van der Waals surface area contributed by atoms with Gasteiger partial charge in [-0.25, -0.2) is 8.42 Å². The molecule has 1 aromatic rings. The summed E-state index contributed by atoms with van der Waals surface area (Å²) >= 11 is 0. The van der Waals surface area contributed by atoms with Crippen LogP contribution in [-0.2, 0) is 21.4 Å². The Morgan fingerprint density at radius 2 is 2.10 bits per heavy atom. The summed E-state index contributed by atoms with van der Waals surface area (Å²) in [5.74, 6) is 0.0346. The van der Waals surface area contributed by atoms with E-state index in [4.69, 9.17) is 0 Å². The van der Waals surface area contributed by atoms with Gasteiger partial charge in [-0.15, -0.1) is 0 Å². The molecule has 7 heteroatoms. The maximum absolute atomic E-state index is 12.0. The summed E-state index contributed by atoms with van der Waals surface area (Å²) < 4.78 is 25.0. The molecule has 2 rings (SSSR count).